The summed E-state index contributed by atoms with van der Waals surface area (Å²) >= 11 is 12.4. The van der Waals surface area contributed by atoms with Crippen molar-refractivity contribution in [3.05, 3.63) is 88.5 Å². The van der Waals surface area contributed by atoms with E-state index in [4.69, 9.17) is 34.7 Å². The topological polar surface area (TPSA) is 78.4 Å². The number of thioether (sulfide) groups is 1. The summed E-state index contributed by atoms with van der Waals surface area (Å²) in [6, 6.07) is 17.4. The molecule has 242 valence electrons. The number of amidine groups is 1. The molecule has 1 heterocycles. The quantitative estimate of drug-likeness (QED) is 0.155. The highest BCUT2D eigenvalue weighted by molar-refractivity contribution is 8.23. The number of aliphatic imine (C=N–C) groups is 1. The number of alkyl halides is 6. The van der Waals surface area contributed by atoms with Gasteiger partial charge in [0, 0.05) is 17.1 Å². The Morgan fingerprint density at radius 2 is 1.49 bits per heavy atom. The average Bonchev–Trinajstić information content (AvgIpc) is 3.27. The number of benzene rings is 3. The largest absolute Gasteiger partial charge is 0.417 e. The Labute approximate surface area is 281 Å². The summed E-state index contributed by atoms with van der Waals surface area (Å²) in [6.45, 7) is 2.10. The van der Waals surface area contributed by atoms with Crippen LogP contribution in [0.25, 0.3) is 0 Å². The zero-order valence-electron chi connectivity index (χ0n) is 24.5. The molecule has 1 saturated carbocycles. The Bertz CT molecular complexity index is 1840. The van der Waals surface area contributed by atoms with E-state index in [0.29, 0.717) is 24.4 Å². The first-order valence-corrected chi connectivity index (χ1v) is 15.9. The lowest BCUT2D eigenvalue weighted by atomic mass is 9.74. The molecule has 1 N–H and O–H groups in total. The summed E-state index contributed by atoms with van der Waals surface area (Å²) in [6.07, 6.45) is -7.37. The van der Waals surface area contributed by atoms with Gasteiger partial charge in [0.15, 0.2) is 5.11 Å². The van der Waals surface area contributed by atoms with Gasteiger partial charge in [-0.15, -0.1) is 0 Å². The van der Waals surface area contributed by atoms with Gasteiger partial charge in [-0.1, -0.05) is 41.7 Å². The maximum atomic E-state index is 14.0. The van der Waals surface area contributed by atoms with Crippen LogP contribution < -0.4 is 15.1 Å². The predicted octanol–water partition coefficient (Wildman–Crippen LogP) is 8.84. The third-order valence-electron chi connectivity index (χ3n) is 7.88. The summed E-state index contributed by atoms with van der Waals surface area (Å²) in [5, 5.41) is 21.4. The molecule has 47 heavy (non-hydrogen) atoms. The van der Waals surface area contributed by atoms with Crippen LogP contribution in [0.4, 0.5) is 43.4 Å². The van der Waals surface area contributed by atoms with Gasteiger partial charge in [-0.25, -0.2) is 0 Å². The molecule has 1 aliphatic heterocycles. The van der Waals surface area contributed by atoms with Crippen molar-refractivity contribution in [3.63, 3.8) is 0 Å². The van der Waals surface area contributed by atoms with Crippen molar-refractivity contribution in [2.45, 2.75) is 44.1 Å². The van der Waals surface area contributed by atoms with Crippen LogP contribution in [-0.2, 0) is 12.4 Å². The fraction of sp³-hybridized carbons (Fsp3) is 0.281. The van der Waals surface area contributed by atoms with Gasteiger partial charge in [-0.05, 0) is 86.9 Å². The number of hydrogen-bond acceptors (Lipinski definition) is 6. The number of halogens is 6. The van der Waals surface area contributed by atoms with Gasteiger partial charge in [0.05, 0.1) is 46.6 Å². The molecule has 0 bridgehead atoms. The molecule has 3 aromatic carbocycles. The van der Waals surface area contributed by atoms with Crippen molar-refractivity contribution in [1.29, 1.82) is 10.5 Å². The highest BCUT2D eigenvalue weighted by Crippen LogP contribution is 2.49. The van der Waals surface area contributed by atoms with Crippen LogP contribution in [0, 0.1) is 29.6 Å². The van der Waals surface area contributed by atoms with Crippen molar-refractivity contribution >= 4 is 68.5 Å². The third-order valence-corrected chi connectivity index (χ3v) is 9.45. The van der Waals surface area contributed by atoms with E-state index in [2.05, 4.69) is 5.32 Å². The lowest BCUT2D eigenvalue weighted by Crippen LogP contribution is -2.55. The standard InChI is InChI=1S/C32H24F6N6S3/c1-19-3-8-23(9-4-19)44-29(46)43(24-10-6-21(18-40)26(16-24)32(36,37)38)27(30(44)11-2-12-30)41-13-14-47-28(45)42-22-7-5-20(17-39)25(15-22)31(33,34)35/h3-10,15-16H,2,11-14H2,1H3,(H,42,45)/b41-27+. The van der Waals surface area contributed by atoms with Crippen LogP contribution in [0.1, 0.15) is 47.1 Å². The molecule has 0 amide bonds. The summed E-state index contributed by atoms with van der Waals surface area (Å²) < 4.78 is 82.2. The van der Waals surface area contributed by atoms with Gasteiger partial charge in [0.2, 0.25) is 0 Å². The highest BCUT2D eigenvalue weighted by Gasteiger charge is 2.57. The van der Waals surface area contributed by atoms with E-state index in [1.807, 2.05) is 36.1 Å². The maximum Gasteiger partial charge on any atom is 0.417 e. The van der Waals surface area contributed by atoms with E-state index in [-0.39, 0.29) is 27.4 Å². The number of nitrogens with one attached hydrogen (secondary N) is 1. The van der Waals surface area contributed by atoms with Crippen LogP contribution in [0.15, 0.2) is 65.7 Å². The van der Waals surface area contributed by atoms with E-state index < -0.39 is 40.1 Å². The molecule has 2 fully saturated rings. The summed E-state index contributed by atoms with van der Waals surface area (Å²) in [5.74, 6) is 0.758. The molecule has 0 aromatic heterocycles. The van der Waals surface area contributed by atoms with Gasteiger partial charge in [-0.2, -0.15) is 36.9 Å². The highest BCUT2D eigenvalue weighted by atomic mass is 32.2. The van der Waals surface area contributed by atoms with Crippen LogP contribution in [0.2, 0.25) is 0 Å². The zero-order chi connectivity index (χ0) is 34.1. The van der Waals surface area contributed by atoms with Gasteiger partial charge >= 0.3 is 12.4 Å². The Hall–Kier alpha value is -4.18. The summed E-state index contributed by atoms with van der Waals surface area (Å²) in [7, 11) is 0. The molecular weight excluding hydrogens is 679 g/mol. The van der Waals surface area contributed by atoms with E-state index in [1.54, 1.807) is 6.07 Å². The van der Waals surface area contributed by atoms with Crippen LogP contribution in [-0.4, -0.2) is 33.1 Å². The monoisotopic (exact) mass is 702 g/mol. The third kappa shape index (κ3) is 6.79. The molecule has 0 unspecified atom stereocenters. The second-order valence-corrected chi connectivity index (χ2v) is 13.0. The minimum absolute atomic E-state index is 0.0656. The lowest BCUT2D eigenvalue weighted by molar-refractivity contribution is -0.138. The van der Waals surface area contributed by atoms with Crippen LogP contribution >= 0.6 is 36.2 Å². The van der Waals surface area contributed by atoms with Crippen molar-refractivity contribution in [3.8, 4) is 12.1 Å². The van der Waals surface area contributed by atoms with Gasteiger partial charge in [-0.3, -0.25) is 9.89 Å². The first-order valence-electron chi connectivity index (χ1n) is 14.1. The fourth-order valence-corrected chi connectivity index (χ4v) is 6.94. The van der Waals surface area contributed by atoms with Crippen molar-refractivity contribution in [1.82, 2.24) is 0 Å². The Kier molecular flexibility index (Phi) is 9.55. The first kappa shape index (κ1) is 34.2. The lowest BCUT2D eigenvalue weighted by Gasteiger charge is -2.45. The van der Waals surface area contributed by atoms with Crippen molar-refractivity contribution in [2.24, 2.45) is 4.99 Å². The number of nitriles is 2. The molecule has 15 heteroatoms. The Balaban J connectivity index is 1.43. The zero-order valence-corrected chi connectivity index (χ0v) is 27.0. The Morgan fingerprint density at radius 1 is 0.915 bits per heavy atom. The summed E-state index contributed by atoms with van der Waals surface area (Å²) in [5.41, 5.74) is -1.93. The van der Waals surface area contributed by atoms with Crippen molar-refractivity contribution in [2.75, 3.05) is 27.4 Å². The second-order valence-electron chi connectivity index (χ2n) is 10.8. The van der Waals surface area contributed by atoms with E-state index in [9.17, 15) is 31.6 Å². The number of aryl methyl sites for hydroxylation is 1. The SMILES string of the molecule is Cc1ccc(N2C(=S)N(c3ccc(C#N)c(C(F)(F)F)c3)/C(=N/CCSC(=S)Nc3ccc(C#N)c(C(F)(F)F)c3)C23CCC3)cc1. The smallest absolute Gasteiger partial charge is 0.341 e. The molecule has 0 radical (unpaired) electrons. The average molecular weight is 703 g/mol. The molecule has 3 aromatic rings. The Morgan fingerprint density at radius 3 is 2.04 bits per heavy atom. The van der Waals surface area contributed by atoms with Crippen LogP contribution in [0.3, 0.4) is 0 Å². The molecule has 6 nitrogen and oxygen atoms in total. The fourth-order valence-electron chi connectivity index (χ4n) is 5.54. The minimum atomic E-state index is -4.78. The number of hydrogen-bond donors (Lipinski definition) is 1. The maximum absolute atomic E-state index is 14.0. The number of thiocarbonyl (C=S) groups is 2. The first-order chi connectivity index (χ1) is 22.2. The molecule has 1 aliphatic carbocycles. The number of anilines is 3. The molecule has 1 spiro atoms. The van der Waals surface area contributed by atoms with E-state index >= 15 is 0 Å². The number of nitrogens with zero attached hydrogens (tertiary/aromatic N) is 5. The van der Waals surface area contributed by atoms with Crippen molar-refractivity contribution < 1.29 is 26.3 Å². The van der Waals surface area contributed by atoms with Gasteiger partial charge in [0.1, 0.15) is 15.7 Å². The predicted molar refractivity (Wildman–Crippen MR) is 179 cm³/mol. The molecule has 5 rings (SSSR count). The molecule has 2 aliphatic rings. The van der Waals surface area contributed by atoms with Gasteiger partial charge < -0.3 is 10.2 Å². The van der Waals surface area contributed by atoms with E-state index in [1.165, 1.54) is 23.1 Å². The van der Waals surface area contributed by atoms with Gasteiger partial charge in [0.25, 0.3) is 0 Å². The summed E-state index contributed by atoms with van der Waals surface area (Å²) in [4.78, 5) is 8.31. The molecular formula is C32H24F6N6S3. The van der Waals surface area contributed by atoms with Crippen LogP contribution in [0.5, 0.6) is 0 Å². The number of rotatable bonds is 6. The second kappa shape index (κ2) is 13.1. The molecule has 1 saturated heterocycles. The minimum Gasteiger partial charge on any atom is -0.341 e. The van der Waals surface area contributed by atoms with E-state index in [0.717, 1.165) is 53.7 Å². The molecule has 0 atom stereocenters. The normalized spacial score (nSPS) is 16.6.